The summed E-state index contributed by atoms with van der Waals surface area (Å²) in [5, 5.41) is 32.6. The van der Waals surface area contributed by atoms with Gasteiger partial charge in [0, 0.05) is 5.97 Å². The van der Waals surface area contributed by atoms with E-state index in [1.165, 1.54) is 25.7 Å². The fourth-order valence-electron chi connectivity index (χ4n) is 8.88. The molecule has 0 bridgehead atoms. The first kappa shape index (κ1) is 24.0. The molecule has 4 fully saturated rings. The normalized spacial score (nSPS) is 49.9. The Bertz CT molecular complexity index is 612. The molecule has 4 aliphatic carbocycles. The zero-order valence-corrected chi connectivity index (χ0v) is 20.9. The van der Waals surface area contributed by atoms with Crippen LogP contribution >= 0.6 is 0 Å². The van der Waals surface area contributed by atoms with E-state index in [0.717, 1.165) is 25.7 Å². The molecular weight excluding hydrogens is 375 g/mol. The van der Waals surface area contributed by atoms with Crippen molar-refractivity contribution in [1.82, 2.24) is 0 Å². The van der Waals surface area contributed by atoms with Gasteiger partial charge < -0.3 is 20.1 Å². The Morgan fingerprint density at radius 1 is 1.10 bits per heavy atom. The van der Waals surface area contributed by atoms with E-state index >= 15 is 0 Å². The molecule has 0 amide bonds. The van der Waals surface area contributed by atoms with Crippen molar-refractivity contribution in [2.45, 2.75) is 97.2 Å². The van der Waals surface area contributed by atoms with Gasteiger partial charge in [-0.15, -0.1) is 0 Å². The molecule has 2 N–H and O–H groups in total. The smallest absolute Gasteiger partial charge is 0.550 e. The summed E-state index contributed by atoms with van der Waals surface area (Å²) in [6.07, 6.45) is 8.92. The van der Waals surface area contributed by atoms with Crippen molar-refractivity contribution >= 4 is 5.97 Å². The van der Waals surface area contributed by atoms with Crippen molar-refractivity contribution in [2.75, 3.05) is 0 Å². The summed E-state index contributed by atoms with van der Waals surface area (Å²) in [5.41, 5.74) is 0.297. The summed E-state index contributed by atoms with van der Waals surface area (Å²) in [7, 11) is 0. The third-order valence-electron chi connectivity index (χ3n) is 10.1. The minimum atomic E-state index is -0.943. The molecule has 4 nitrogen and oxygen atoms in total. The molecular formula is C24H39NaO4. The van der Waals surface area contributed by atoms with Gasteiger partial charge in [0.25, 0.3) is 0 Å². The van der Waals surface area contributed by atoms with Crippen LogP contribution in [0.3, 0.4) is 0 Å². The largest absolute Gasteiger partial charge is 1.00 e. The molecule has 10 atom stereocenters. The number of aliphatic carboxylic acids is 1. The molecule has 1 unspecified atom stereocenters. The van der Waals surface area contributed by atoms with E-state index < -0.39 is 5.97 Å². The SMILES string of the molecule is C[C@H](CCC(=O)[O-])[C@H]1CC[C@H]2[C@@H]3CC[C@@H]4C[C@H](O)CC[C@]4(C)[C@H]3C(O)C[C@]12C.[Na+]. The maximum absolute atomic E-state index is 11.4. The van der Waals surface area contributed by atoms with Crippen molar-refractivity contribution < 1.29 is 49.7 Å². The number of fused-ring (bicyclic) bond motifs is 5. The van der Waals surface area contributed by atoms with E-state index in [0.29, 0.717) is 41.9 Å². The molecule has 0 heterocycles. The van der Waals surface area contributed by atoms with Crippen LogP contribution in [0.5, 0.6) is 0 Å². The molecule has 29 heavy (non-hydrogen) atoms. The quantitative estimate of drug-likeness (QED) is 0.642. The zero-order valence-electron chi connectivity index (χ0n) is 18.9. The molecule has 0 aromatic carbocycles. The first-order valence-electron chi connectivity index (χ1n) is 11.7. The predicted molar refractivity (Wildman–Crippen MR) is 106 cm³/mol. The first-order chi connectivity index (χ1) is 13.2. The van der Waals surface area contributed by atoms with Crippen molar-refractivity contribution in [3.63, 3.8) is 0 Å². The summed E-state index contributed by atoms with van der Waals surface area (Å²) in [5.74, 6) is 2.09. The van der Waals surface area contributed by atoms with Gasteiger partial charge in [0.15, 0.2) is 0 Å². The molecule has 4 aliphatic rings. The van der Waals surface area contributed by atoms with Crippen LogP contribution in [0.4, 0.5) is 0 Å². The molecule has 0 spiro atoms. The average Bonchev–Trinajstić information content (AvgIpc) is 2.96. The molecule has 0 aliphatic heterocycles. The molecule has 4 saturated carbocycles. The summed E-state index contributed by atoms with van der Waals surface area (Å²) in [6, 6.07) is 0. The van der Waals surface area contributed by atoms with Gasteiger partial charge in [-0.3, -0.25) is 0 Å². The van der Waals surface area contributed by atoms with Crippen molar-refractivity contribution in [3.05, 3.63) is 0 Å². The Morgan fingerprint density at radius 3 is 2.52 bits per heavy atom. The Balaban J connectivity index is 0.00000240. The standard InChI is InChI=1S/C24H40O4.Na/c1-14(4-9-21(27)28)18-7-8-19-17-6-5-15-12-16(25)10-11-23(15,2)22(17)20(26)13-24(18,19)3;/h14-20,22,25-26H,4-13H2,1-3H3,(H,27,28);/q;+1/p-1/t14-,15-,16-,17+,18-,19+,20?,22-,23+,24-;/m1./s1. The number of carbonyl (C=O) groups excluding carboxylic acids is 1. The van der Waals surface area contributed by atoms with E-state index in [-0.39, 0.29) is 59.0 Å². The molecule has 0 aromatic rings. The number of hydrogen-bond donors (Lipinski definition) is 2. The third kappa shape index (κ3) is 3.99. The van der Waals surface area contributed by atoms with Crippen LogP contribution in [0, 0.1) is 46.3 Å². The monoisotopic (exact) mass is 414 g/mol. The van der Waals surface area contributed by atoms with Gasteiger partial charge in [-0.05, 0) is 111 Å². The maximum Gasteiger partial charge on any atom is 1.00 e. The molecule has 0 saturated heterocycles. The Kier molecular flexibility index (Phi) is 7.24. The second-order valence-corrected chi connectivity index (χ2v) is 11.4. The van der Waals surface area contributed by atoms with Crippen LogP contribution < -0.4 is 34.7 Å². The summed E-state index contributed by atoms with van der Waals surface area (Å²) in [6.45, 7) is 7.00. The minimum absolute atomic E-state index is 0. The van der Waals surface area contributed by atoms with Gasteiger partial charge in [0.2, 0.25) is 0 Å². The van der Waals surface area contributed by atoms with Crippen LogP contribution in [0.1, 0.15) is 85.0 Å². The fourth-order valence-corrected chi connectivity index (χ4v) is 8.88. The number of aliphatic hydroxyl groups excluding tert-OH is 2. The second kappa shape index (κ2) is 8.73. The van der Waals surface area contributed by atoms with E-state index in [4.69, 9.17) is 0 Å². The molecule has 160 valence electrons. The van der Waals surface area contributed by atoms with E-state index in [1.807, 2.05) is 0 Å². The maximum atomic E-state index is 11.4. The van der Waals surface area contributed by atoms with Gasteiger partial charge in [0.05, 0.1) is 12.2 Å². The Morgan fingerprint density at radius 2 is 1.83 bits per heavy atom. The van der Waals surface area contributed by atoms with Crippen LogP contribution in [0.15, 0.2) is 0 Å². The number of carboxylic acids is 1. The van der Waals surface area contributed by atoms with Crippen molar-refractivity contribution in [2.24, 2.45) is 46.3 Å². The first-order valence-corrected chi connectivity index (χ1v) is 11.7. The molecule has 4 rings (SSSR count). The van der Waals surface area contributed by atoms with E-state index in [2.05, 4.69) is 20.8 Å². The van der Waals surface area contributed by atoms with Crippen LogP contribution in [0.25, 0.3) is 0 Å². The molecule has 5 heteroatoms. The number of carboxylic acid groups (broad SMARTS) is 1. The summed E-state index contributed by atoms with van der Waals surface area (Å²) in [4.78, 5) is 10.9. The summed E-state index contributed by atoms with van der Waals surface area (Å²) >= 11 is 0. The van der Waals surface area contributed by atoms with Gasteiger partial charge in [-0.25, -0.2) is 0 Å². The zero-order chi connectivity index (χ0) is 20.3. The number of hydrogen-bond acceptors (Lipinski definition) is 4. The second-order valence-electron chi connectivity index (χ2n) is 11.4. The number of aliphatic hydroxyl groups is 2. The topological polar surface area (TPSA) is 80.6 Å². The summed E-state index contributed by atoms with van der Waals surface area (Å²) < 4.78 is 0. The van der Waals surface area contributed by atoms with E-state index in [9.17, 15) is 20.1 Å². The van der Waals surface area contributed by atoms with Gasteiger partial charge in [0.1, 0.15) is 0 Å². The molecule has 0 aromatic heterocycles. The van der Waals surface area contributed by atoms with E-state index in [1.54, 1.807) is 0 Å². The van der Waals surface area contributed by atoms with Crippen molar-refractivity contribution in [1.29, 1.82) is 0 Å². The fraction of sp³-hybridized carbons (Fsp3) is 0.958. The van der Waals surface area contributed by atoms with Crippen LogP contribution in [0.2, 0.25) is 0 Å². The van der Waals surface area contributed by atoms with Gasteiger partial charge in [-0.1, -0.05) is 20.8 Å². The van der Waals surface area contributed by atoms with Crippen LogP contribution in [-0.2, 0) is 4.79 Å². The third-order valence-corrected chi connectivity index (χ3v) is 10.1. The van der Waals surface area contributed by atoms with Gasteiger partial charge >= 0.3 is 29.6 Å². The molecule has 0 radical (unpaired) electrons. The Hall–Kier alpha value is 0.390. The average molecular weight is 415 g/mol. The predicted octanol–water partition coefficient (Wildman–Crippen LogP) is 0.147. The number of rotatable bonds is 4. The minimum Gasteiger partial charge on any atom is -0.550 e. The number of carbonyl (C=O) groups is 1. The van der Waals surface area contributed by atoms with Crippen molar-refractivity contribution in [3.8, 4) is 0 Å². The Labute approximate surface area is 198 Å². The van der Waals surface area contributed by atoms with Gasteiger partial charge in [-0.2, -0.15) is 0 Å². The van der Waals surface area contributed by atoms with Crippen LogP contribution in [-0.4, -0.2) is 28.4 Å².